The standard InChI is InChI=1S/C23H27ClN2O6S/c24-16-5-4-8-20(11-16)33(29,30)26-13-18(27)14-31-15-22-21(26)10-9-19(32-22)12-23(28)25-17-6-2-1-3-7-17/h1-8,11,18-19,21-22,27H,9-10,12-15H2,(H,25,28)/t18-,19+,21-,22+/m0/s1. The summed E-state index contributed by atoms with van der Waals surface area (Å²) < 4.78 is 40.0. The van der Waals surface area contributed by atoms with Gasteiger partial charge in [-0.25, -0.2) is 8.42 Å². The lowest BCUT2D eigenvalue weighted by atomic mass is 9.96. The number of rotatable bonds is 5. The van der Waals surface area contributed by atoms with E-state index >= 15 is 0 Å². The highest BCUT2D eigenvalue weighted by molar-refractivity contribution is 7.89. The van der Waals surface area contributed by atoms with Gasteiger partial charge in [0.1, 0.15) is 0 Å². The molecule has 2 heterocycles. The molecule has 2 aliphatic heterocycles. The molecule has 4 atom stereocenters. The van der Waals surface area contributed by atoms with Crippen LogP contribution < -0.4 is 5.32 Å². The number of carbonyl (C=O) groups is 1. The van der Waals surface area contributed by atoms with Crippen LogP contribution in [0.4, 0.5) is 5.69 Å². The molecule has 0 aliphatic carbocycles. The van der Waals surface area contributed by atoms with E-state index in [1.165, 1.54) is 16.4 Å². The van der Waals surface area contributed by atoms with Gasteiger partial charge in [-0.3, -0.25) is 4.79 Å². The van der Waals surface area contributed by atoms with Gasteiger partial charge in [-0.1, -0.05) is 35.9 Å². The second kappa shape index (κ2) is 10.5. The van der Waals surface area contributed by atoms with Gasteiger partial charge in [0.05, 0.1) is 48.9 Å². The average molecular weight is 495 g/mol. The van der Waals surface area contributed by atoms with E-state index < -0.39 is 28.3 Å². The maximum absolute atomic E-state index is 13.5. The van der Waals surface area contributed by atoms with Crippen LogP contribution in [0.15, 0.2) is 59.5 Å². The fourth-order valence-electron chi connectivity index (χ4n) is 4.27. The van der Waals surface area contributed by atoms with Crippen molar-refractivity contribution in [3.63, 3.8) is 0 Å². The largest absolute Gasteiger partial charge is 0.389 e. The number of fused-ring (bicyclic) bond motifs is 1. The lowest BCUT2D eigenvalue weighted by Gasteiger charge is -2.43. The Morgan fingerprint density at radius 2 is 1.91 bits per heavy atom. The first kappa shape index (κ1) is 24.1. The van der Waals surface area contributed by atoms with Crippen LogP contribution in [0.2, 0.25) is 5.02 Å². The van der Waals surface area contributed by atoms with Gasteiger partial charge in [-0.2, -0.15) is 4.31 Å². The number of aliphatic hydroxyl groups is 1. The number of halogens is 1. The Morgan fingerprint density at radius 3 is 2.67 bits per heavy atom. The van der Waals surface area contributed by atoms with E-state index in [9.17, 15) is 18.3 Å². The second-order valence-corrected chi connectivity index (χ2v) is 10.6. The zero-order chi connectivity index (χ0) is 23.4. The van der Waals surface area contributed by atoms with E-state index in [-0.39, 0.29) is 43.1 Å². The highest BCUT2D eigenvalue weighted by atomic mass is 35.5. The molecule has 2 N–H and O–H groups in total. The molecule has 10 heteroatoms. The molecule has 2 aliphatic rings. The van der Waals surface area contributed by atoms with Crippen LogP contribution in [0.1, 0.15) is 19.3 Å². The van der Waals surface area contributed by atoms with Gasteiger partial charge >= 0.3 is 0 Å². The highest BCUT2D eigenvalue weighted by Crippen LogP contribution is 2.32. The van der Waals surface area contributed by atoms with Crippen LogP contribution in [-0.4, -0.2) is 67.8 Å². The van der Waals surface area contributed by atoms with Crippen LogP contribution in [0, 0.1) is 0 Å². The van der Waals surface area contributed by atoms with Crippen molar-refractivity contribution in [2.45, 2.75) is 48.5 Å². The quantitative estimate of drug-likeness (QED) is 0.662. The number of para-hydroxylation sites is 1. The first-order chi connectivity index (χ1) is 15.8. The smallest absolute Gasteiger partial charge is 0.243 e. The van der Waals surface area contributed by atoms with E-state index in [4.69, 9.17) is 21.1 Å². The number of β-amino-alcohol motifs (C(OH)–C–C–N with tert-alkyl or cyclic N) is 1. The molecule has 2 fully saturated rings. The van der Waals surface area contributed by atoms with E-state index in [1.807, 2.05) is 30.3 Å². The Hall–Kier alpha value is -2.01. The number of anilines is 1. The molecule has 2 aromatic carbocycles. The summed E-state index contributed by atoms with van der Waals surface area (Å²) in [6.07, 6.45) is -0.755. The lowest BCUT2D eigenvalue weighted by molar-refractivity contribution is -0.144. The number of carbonyl (C=O) groups excluding carboxylic acids is 1. The Bertz CT molecular complexity index is 1070. The first-order valence-electron chi connectivity index (χ1n) is 10.9. The van der Waals surface area contributed by atoms with Crippen molar-refractivity contribution in [2.24, 2.45) is 0 Å². The molecule has 0 bridgehead atoms. The average Bonchev–Trinajstić information content (AvgIpc) is 2.77. The summed E-state index contributed by atoms with van der Waals surface area (Å²) in [6, 6.07) is 14.7. The van der Waals surface area contributed by atoms with E-state index in [2.05, 4.69) is 5.32 Å². The highest BCUT2D eigenvalue weighted by Gasteiger charge is 2.43. The summed E-state index contributed by atoms with van der Waals surface area (Å²) in [5, 5.41) is 13.5. The number of aliphatic hydroxyl groups excluding tert-OH is 1. The van der Waals surface area contributed by atoms with Gasteiger partial charge in [-0.05, 0) is 43.2 Å². The van der Waals surface area contributed by atoms with Crippen molar-refractivity contribution in [2.75, 3.05) is 25.1 Å². The summed E-state index contributed by atoms with van der Waals surface area (Å²) in [7, 11) is -3.93. The monoisotopic (exact) mass is 494 g/mol. The minimum Gasteiger partial charge on any atom is -0.389 e. The predicted molar refractivity (Wildman–Crippen MR) is 124 cm³/mol. The molecule has 2 aromatic rings. The van der Waals surface area contributed by atoms with Crippen molar-refractivity contribution >= 4 is 33.2 Å². The fraction of sp³-hybridized carbons (Fsp3) is 0.435. The molecule has 0 unspecified atom stereocenters. The SMILES string of the molecule is O=C(C[C@H]1CC[C@H]2[C@@H](COC[C@@H](O)CN2S(=O)(=O)c2cccc(Cl)c2)O1)Nc1ccccc1. The molecule has 4 rings (SSSR count). The first-order valence-corrected chi connectivity index (χ1v) is 12.7. The summed E-state index contributed by atoms with van der Waals surface area (Å²) in [5.41, 5.74) is 0.707. The fourth-order valence-corrected chi connectivity index (χ4v) is 6.29. The number of nitrogens with zero attached hydrogens (tertiary/aromatic N) is 1. The Balaban J connectivity index is 1.49. The summed E-state index contributed by atoms with van der Waals surface area (Å²) in [6.45, 7) is 0.00589. The Kier molecular flexibility index (Phi) is 7.68. The topological polar surface area (TPSA) is 105 Å². The number of benzene rings is 2. The van der Waals surface area contributed by atoms with Crippen molar-refractivity contribution < 1.29 is 27.8 Å². The molecular formula is C23H27ClN2O6S. The normalized spacial score (nSPS) is 26.6. The van der Waals surface area contributed by atoms with Crippen molar-refractivity contribution in [1.29, 1.82) is 0 Å². The molecule has 0 radical (unpaired) electrons. The van der Waals surface area contributed by atoms with Crippen LogP contribution in [0.3, 0.4) is 0 Å². The summed E-state index contributed by atoms with van der Waals surface area (Å²) in [4.78, 5) is 12.5. The third-order valence-corrected chi connectivity index (χ3v) is 7.93. The van der Waals surface area contributed by atoms with Gasteiger partial charge in [-0.15, -0.1) is 0 Å². The summed E-state index contributed by atoms with van der Waals surface area (Å²) in [5.74, 6) is -0.171. The molecule has 33 heavy (non-hydrogen) atoms. The zero-order valence-electron chi connectivity index (χ0n) is 18.0. The number of hydrogen-bond donors (Lipinski definition) is 2. The van der Waals surface area contributed by atoms with Gasteiger partial charge in [0.25, 0.3) is 0 Å². The number of sulfonamides is 1. The zero-order valence-corrected chi connectivity index (χ0v) is 19.5. The molecule has 1 amide bonds. The molecule has 8 nitrogen and oxygen atoms in total. The van der Waals surface area contributed by atoms with Crippen LogP contribution in [0.25, 0.3) is 0 Å². The van der Waals surface area contributed by atoms with E-state index in [0.29, 0.717) is 23.6 Å². The Labute approximate surface area is 198 Å². The third kappa shape index (κ3) is 5.92. The van der Waals surface area contributed by atoms with Gasteiger partial charge in [0.15, 0.2) is 0 Å². The minimum atomic E-state index is -3.93. The van der Waals surface area contributed by atoms with Gasteiger partial charge < -0.3 is 19.9 Å². The number of nitrogens with one attached hydrogen (secondary N) is 1. The molecule has 178 valence electrons. The predicted octanol–water partition coefficient (Wildman–Crippen LogP) is 2.67. The van der Waals surface area contributed by atoms with Crippen LogP contribution in [0.5, 0.6) is 0 Å². The van der Waals surface area contributed by atoms with E-state index in [1.54, 1.807) is 12.1 Å². The Morgan fingerprint density at radius 1 is 1.12 bits per heavy atom. The molecule has 2 saturated heterocycles. The van der Waals surface area contributed by atoms with Crippen molar-refractivity contribution in [1.82, 2.24) is 4.31 Å². The number of ether oxygens (including phenoxy) is 2. The maximum atomic E-state index is 13.5. The number of amides is 1. The van der Waals surface area contributed by atoms with Crippen molar-refractivity contribution in [3.8, 4) is 0 Å². The lowest BCUT2D eigenvalue weighted by Crippen LogP contribution is -2.57. The maximum Gasteiger partial charge on any atom is 0.243 e. The third-order valence-electron chi connectivity index (χ3n) is 5.81. The number of hydrogen-bond acceptors (Lipinski definition) is 6. The van der Waals surface area contributed by atoms with Crippen molar-refractivity contribution in [3.05, 3.63) is 59.6 Å². The molecule has 0 aromatic heterocycles. The second-order valence-electron chi connectivity index (χ2n) is 8.28. The van der Waals surface area contributed by atoms with Crippen LogP contribution in [-0.2, 0) is 24.3 Å². The molecular weight excluding hydrogens is 468 g/mol. The van der Waals surface area contributed by atoms with E-state index in [0.717, 1.165) is 0 Å². The summed E-state index contributed by atoms with van der Waals surface area (Å²) >= 11 is 6.02. The molecule has 0 spiro atoms. The van der Waals surface area contributed by atoms with Gasteiger partial charge in [0, 0.05) is 17.3 Å². The van der Waals surface area contributed by atoms with Crippen LogP contribution >= 0.6 is 11.6 Å². The molecule has 0 saturated carbocycles. The van der Waals surface area contributed by atoms with Gasteiger partial charge in [0.2, 0.25) is 15.9 Å². The minimum absolute atomic E-state index is 0.00664.